The molecular weight excluding hydrogens is 535 g/mol. The summed E-state index contributed by atoms with van der Waals surface area (Å²) >= 11 is 6.24. The van der Waals surface area contributed by atoms with E-state index in [9.17, 15) is 26.4 Å². The first kappa shape index (κ1) is 26.6. The molecule has 3 aromatic carbocycles. The molecule has 4 rings (SSSR count). The van der Waals surface area contributed by atoms with Crippen molar-refractivity contribution in [3.8, 4) is 22.6 Å². The number of ether oxygens (including phenoxy) is 2. The molecule has 0 aromatic heterocycles. The summed E-state index contributed by atoms with van der Waals surface area (Å²) in [6.07, 6.45) is -5.87. The molecule has 196 valence electrons. The molecule has 0 saturated carbocycles. The van der Waals surface area contributed by atoms with E-state index >= 15 is 0 Å². The number of para-hydroxylation sites is 1. The standard InChI is InChI=1S/C25H21ClF3NO6S/c1-35-24-19(6-3-7-20(24)26)15-8-10-22-21(12-15)30(14-17(36-22)9-11-23(31)32)37(33,34)18-5-2-4-16(13-18)25(27,28)29/h2-8,10,12-13,17H,9,11,14H2,1H3,(H,31,32)/t17-/m0/s1. The van der Waals surface area contributed by atoms with Crippen LogP contribution < -0.4 is 13.8 Å². The Kier molecular flexibility index (Phi) is 7.29. The number of carboxylic acids is 1. The first-order chi connectivity index (χ1) is 17.4. The Morgan fingerprint density at radius 3 is 2.57 bits per heavy atom. The number of benzene rings is 3. The minimum atomic E-state index is -4.74. The number of rotatable bonds is 7. The monoisotopic (exact) mass is 555 g/mol. The van der Waals surface area contributed by atoms with Gasteiger partial charge in [-0.25, -0.2) is 8.42 Å². The SMILES string of the molecule is COc1c(Cl)cccc1-c1ccc2c(c1)N(S(=O)(=O)c1cccc(C(F)(F)F)c1)C[C@H](CCC(=O)O)O2. The van der Waals surface area contributed by atoms with Gasteiger partial charge in [-0.15, -0.1) is 0 Å². The number of nitrogens with zero attached hydrogens (tertiary/aromatic N) is 1. The second kappa shape index (κ2) is 10.1. The van der Waals surface area contributed by atoms with E-state index < -0.39 is 38.7 Å². The maximum absolute atomic E-state index is 13.7. The minimum Gasteiger partial charge on any atom is -0.495 e. The summed E-state index contributed by atoms with van der Waals surface area (Å²) < 4.78 is 79.5. The van der Waals surface area contributed by atoms with Crippen LogP contribution in [0, 0.1) is 0 Å². The van der Waals surface area contributed by atoms with Gasteiger partial charge in [0, 0.05) is 12.0 Å². The summed E-state index contributed by atoms with van der Waals surface area (Å²) in [5.41, 5.74) is 0.0579. The fraction of sp³-hybridized carbons (Fsp3) is 0.240. The van der Waals surface area contributed by atoms with E-state index in [4.69, 9.17) is 26.2 Å². The number of carboxylic acid groups (broad SMARTS) is 1. The highest BCUT2D eigenvalue weighted by Gasteiger charge is 2.37. The molecule has 0 radical (unpaired) electrons. The van der Waals surface area contributed by atoms with Gasteiger partial charge < -0.3 is 14.6 Å². The van der Waals surface area contributed by atoms with Crippen LogP contribution in [-0.2, 0) is 21.0 Å². The third kappa shape index (κ3) is 5.47. The highest BCUT2D eigenvalue weighted by molar-refractivity contribution is 7.92. The van der Waals surface area contributed by atoms with E-state index in [2.05, 4.69) is 0 Å². The third-order valence-electron chi connectivity index (χ3n) is 5.80. The maximum atomic E-state index is 13.7. The van der Waals surface area contributed by atoms with Gasteiger partial charge in [0.15, 0.2) is 0 Å². The summed E-state index contributed by atoms with van der Waals surface area (Å²) in [5, 5.41) is 9.40. The Labute approximate surface area is 216 Å². The number of carbonyl (C=O) groups is 1. The van der Waals surface area contributed by atoms with Crippen LogP contribution in [0.15, 0.2) is 65.6 Å². The highest BCUT2D eigenvalue weighted by Crippen LogP contribution is 2.43. The van der Waals surface area contributed by atoms with Gasteiger partial charge in [-0.1, -0.05) is 35.9 Å². The first-order valence-corrected chi connectivity index (χ1v) is 12.8. The van der Waals surface area contributed by atoms with Crippen LogP contribution in [0.1, 0.15) is 18.4 Å². The second-order valence-electron chi connectivity index (χ2n) is 8.24. The number of sulfonamides is 1. The number of halogens is 4. The first-order valence-electron chi connectivity index (χ1n) is 11.0. The zero-order chi connectivity index (χ0) is 27.0. The Hall–Kier alpha value is -3.44. The van der Waals surface area contributed by atoms with Gasteiger partial charge in [-0.3, -0.25) is 9.10 Å². The number of alkyl halides is 3. The van der Waals surface area contributed by atoms with E-state index in [1.807, 2.05) is 0 Å². The molecule has 1 atom stereocenters. The molecule has 0 bridgehead atoms. The second-order valence-corrected chi connectivity index (χ2v) is 10.5. The molecule has 37 heavy (non-hydrogen) atoms. The number of anilines is 1. The lowest BCUT2D eigenvalue weighted by atomic mass is 10.0. The Balaban J connectivity index is 1.84. The lowest BCUT2D eigenvalue weighted by molar-refractivity contribution is -0.138. The number of hydrogen-bond donors (Lipinski definition) is 1. The van der Waals surface area contributed by atoms with E-state index in [1.54, 1.807) is 24.3 Å². The van der Waals surface area contributed by atoms with E-state index in [0.717, 1.165) is 22.5 Å². The van der Waals surface area contributed by atoms with Crippen molar-refractivity contribution < 1.29 is 41.0 Å². The normalized spacial score (nSPS) is 15.6. The molecule has 3 aromatic rings. The minimum absolute atomic E-state index is 0.00669. The Morgan fingerprint density at radius 1 is 1.16 bits per heavy atom. The van der Waals surface area contributed by atoms with Gasteiger partial charge in [-0.2, -0.15) is 13.2 Å². The molecule has 0 fully saturated rings. The molecule has 0 amide bonds. The van der Waals surface area contributed by atoms with Gasteiger partial charge in [0.2, 0.25) is 0 Å². The predicted molar refractivity (Wildman–Crippen MR) is 131 cm³/mol. The molecular formula is C25H21ClF3NO6S. The average molecular weight is 556 g/mol. The lowest BCUT2D eigenvalue weighted by Crippen LogP contribution is -2.43. The Morgan fingerprint density at radius 2 is 1.89 bits per heavy atom. The van der Waals surface area contributed by atoms with Crippen molar-refractivity contribution in [2.75, 3.05) is 18.0 Å². The van der Waals surface area contributed by atoms with Crippen molar-refractivity contribution in [3.63, 3.8) is 0 Å². The lowest BCUT2D eigenvalue weighted by Gasteiger charge is -2.36. The summed E-state index contributed by atoms with van der Waals surface area (Å²) in [5.74, 6) is -0.598. The molecule has 1 aliphatic heterocycles. The summed E-state index contributed by atoms with van der Waals surface area (Å²) in [4.78, 5) is 10.5. The van der Waals surface area contributed by atoms with Crippen LogP contribution in [-0.4, -0.2) is 39.3 Å². The average Bonchev–Trinajstić information content (AvgIpc) is 2.86. The smallest absolute Gasteiger partial charge is 0.416 e. The van der Waals surface area contributed by atoms with Crippen molar-refractivity contribution in [2.45, 2.75) is 30.0 Å². The molecule has 1 heterocycles. The largest absolute Gasteiger partial charge is 0.495 e. The Bertz CT molecular complexity index is 1440. The number of hydrogen-bond acceptors (Lipinski definition) is 5. The zero-order valence-electron chi connectivity index (χ0n) is 19.3. The molecule has 12 heteroatoms. The molecule has 0 aliphatic carbocycles. The van der Waals surface area contributed by atoms with Crippen LogP contribution >= 0.6 is 11.6 Å². The van der Waals surface area contributed by atoms with E-state index in [-0.39, 0.29) is 30.8 Å². The number of fused-ring (bicyclic) bond motifs is 1. The predicted octanol–water partition coefficient (Wildman–Crippen LogP) is 5.86. The molecule has 0 saturated heterocycles. The van der Waals surface area contributed by atoms with Crippen molar-refractivity contribution in [1.82, 2.24) is 0 Å². The van der Waals surface area contributed by atoms with Crippen LogP contribution in [0.5, 0.6) is 11.5 Å². The van der Waals surface area contributed by atoms with Gasteiger partial charge in [-0.05, 0) is 48.4 Å². The quantitative estimate of drug-likeness (QED) is 0.393. The number of methoxy groups -OCH3 is 1. The molecule has 7 nitrogen and oxygen atoms in total. The van der Waals surface area contributed by atoms with Crippen LogP contribution in [0.4, 0.5) is 18.9 Å². The fourth-order valence-corrected chi connectivity index (χ4v) is 5.84. The van der Waals surface area contributed by atoms with Gasteiger partial charge >= 0.3 is 12.1 Å². The molecule has 1 aliphatic rings. The summed E-state index contributed by atoms with van der Waals surface area (Å²) in [6, 6.07) is 13.2. The number of aliphatic carboxylic acids is 1. The van der Waals surface area contributed by atoms with Crippen molar-refractivity contribution in [1.29, 1.82) is 0 Å². The molecule has 0 unspecified atom stereocenters. The van der Waals surface area contributed by atoms with Crippen molar-refractivity contribution in [2.24, 2.45) is 0 Å². The van der Waals surface area contributed by atoms with Crippen molar-refractivity contribution >= 4 is 33.3 Å². The topological polar surface area (TPSA) is 93.1 Å². The van der Waals surface area contributed by atoms with Crippen LogP contribution in [0.25, 0.3) is 11.1 Å². The van der Waals surface area contributed by atoms with E-state index in [0.29, 0.717) is 28.0 Å². The van der Waals surface area contributed by atoms with Gasteiger partial charge in [0.25, 0.3) is 10.0 Å². The van der Waals surface area contributed by atoms with Crippen LogP contribution in [0.2, 0.25) is 5.02 Å². The molecule has 1 N–H and O–H groups in total. The zero-order valence-corrected chi connectivity index (χ0v) is 20.9. The highest BCUT2D eigenvalue weighted by atomic mass is 35.5. The van der Waals surface area contributed by atoms with E-state index in [1.165, 1.54) is 19.2 Å². The maximum Gasteiger partial charge on any atom is 0.416 e. The van der Waals surface area contributed by atoms with Gasteiger partial charge in [0.05, 0.1) is 34.8 Å². The van der Waals surface area contributed by atoms with Crippen molar-refractivity contribution in [3.05, 3.63) is 71.2 Å². The fourth-order valence-electron chi connectivity index (χ4n) is 4.05. The van der Waals surface area contributed by atoms with Crippen LogP contribution in [0.3, 0.4) is 0 Å². The van der Waals surface area contributed by atoms with Gasteiger partial charge in [0.1, 0.15) is 17.6 Å². The third-order valence-corrected chi connectivity index (χ3v) is 7.88. The molecule has 0 spiro atoms. The summed E-state index contributed by atoms with van der Waals surface area (Å²) in [6.45, 7) is -0.297. The summed E-state index contributed by atoms with van der Waals surface area (Å²) in [7, 11) is -3.07.